The molecular formula is C18H27NO. The zero-order valence-corrected chi connectivity index (χ0v) is 13.6. The maximum atomic E-state index is 6.18. The Morgan fingerprint density at radius 1 is 1.20 bits per heavy atom. The molecule has 0 amide bonds. The van der Waals surface area contributed by atoms with Crippen molar-refractivity contribution in [2.24, 2.45) is 5.92 Å². The molecule has 0 fully saturated rings. The van der Waals surface area contributed by atoms with Crippen molar-refractivity contribution >= 4 is 11.0 Å². The summed E-state index contributed by atoms with van der Waals surface area (Å²) in [6.45, 7) is 15.1. The minimum absolute atomic E-state index is 0.104. The van der Waals surface area contributed by atoms with Crippen molar-refractivity contribution in [1.29, 1.82) is 0 Å². The van der Waals surface area contributed by atoms with Crippen LogP contribution in [0.3, 0.4) is 0 Å². The minimum atomic E-state index is 0.104. The first kappa shape index (κ1) is 15.1. The molecule has 2 rings (SSSR count). The van der Waals surface area contributed by atoms with Crippen LogP contribution in [0.25, 0.3) is 11.0 Å². The van der Waals surface area contributed by atoms with Gasteiger partial charge in [-0.1, -0.05) is 52.8 Å². The van der Waals surface area contributed by atoms with Gasteiger partial charge in [-0.2, -0.15) is 0 Å². The molecule has 2 heteroatoms. The van der Waals surface area contributed by atoms with E-state index in [1.807, 2.05) is 0 Å². The normalized spacial score (nSPS) is 12.6. The molecule has 0 saturated carbocycles. The van der Waals surface area contributed by atoms with Crippen LogP contribution in [0.15, 0.2) is 22.6 Å². The summed E-state index contributed by atoms with van der Waals surface area (Å²) in [5, 5.41) is 4.72. The van der Waals surface area contributed by atoms with Crippen molar-refractivity contribution in [3.05, 3.63) is 35.1 Å². The first-order chi connectivity index (χ1) is 9.30. The lowest BCUT2D eigenvalue weighted by molar-refractivity contribution is 0.476. The van der Waals surface area contributed by atoms with Crippen LogP contribution < -0.4 is 5.32 Å². The van der Waals surface area contributed by atoms with Crippen LogP contribution in [0.2, 0.25) is 0 Å². The van der Waals surface area contributed by atoms with E-state index in [0.717, 1.165) is 24.4 Å². The third-order valence-electron chi connectivity index (χ3n) is 3.71. The highest BCUT2D eigenvalue weighted by molar-refractivity contribution is 5.85. The quantitative estimate of drug-likeness (QED) is 0.867. The molecule has 2 aromatic rings. The van der Waals surface area contributed by atoms with Gasteiger partial charge in [0.05, 0.1) is 6.54 Å². The van der Waals surface area contributed by atoms with E-state index in [0.29, 0.717) is 5.92 Å². The van der Waals surface area contributed by atoms with Crippen molar-refractivity contribution in [1.82, 2.24) is 5.32 Å². The summed E-state index contributed by atoms with van der Waals surface area (Å²) < 4.78 is 6.18. The highest BCUT2D eigenvalue weighted by Gasteiger charge is 2.21. The molecule has 0 unspecified atom stereocenters. The number of hydrogen-bond acceptors (Lipinski definition) is 2. The molecule has 0 spiro atoms. The molecule has 0 aliphatic heterocycles. The second-order valence-corrected chi connectivity index (χ2v) is 7.11. The van der Waals surface area contributed by atoms with Crippen LogP contribution in [0, 0.1) is 12.8 Å². The summed E-state index contributed by atoms with van der Waals surface area (Å²) in [4.78, 5) is 0. The van der Waals surface area contributed by atoms with Crippen molar-refractivity contribution < 1.29 is 4.42 Å². The molecule has 1 N–H and O–H groups in total. The van der Waals surface area contributed by atoms with Gasteiger partial charge in [-0.15, -0.1) is 0 Å². The number of benzene rings is 1. The second-order valence-electron chi connectivity index (χ2n) is 7.11. The first-order valence-electron chi connectivity index (χ1n) is 7.53. The molecular weight excluding hydrogens is 246 g/mol. The van der Waals surface area contributed by atoms with Gasteiger partial charge in [0.25, 0.3) is 0 Å². The number of hydrogen-bond donors (Lipinski definition) is 1. The number of fused-ring (bicyclic) bond motifs is 1. The van der Waals surface area contributed by atoms with E-state index in [-0.39, 0.29) is 5.41 Å². The lowest BCUT2D eigenvalue weighted by Gasteiger charge is -2.18. The number of rotatable bonds is 4. The van der Waals surface area contributed by atoms with E-state index < -0.39 is 0 Å². The molecule has 110 valence electrons. The van der Waals surface area contributed by atoms with Gasteiger partial charge in [-0.05, 0) is 30.4 Å². The van der Waals surface area contributed by atoms with Gasteiger partial charge in [0.2, 0.25) is 0 Å². The Morgan fingerprint density at radius 2 is 1.90 bits per heavy atom. The summed E-state index contributed by atoms with van der Waals surface area (Å²) in [5.74, 6) is 1.72. The molecule has 0 aliphatic rings. The minimum Gasteiger partial charge on any atom is -0.459 e. The monoisotopic (exact) mass is 273 g/mol. The molecule has 1 aromatic heterocycles. The van der Waals surface area contributed by atoms with Gasteiger partial charge in [-0.3, -0.25) is 0 Å². The van der Waals surface area contributed by atoms with Crippen LogP contribution in [-0.2, 0) is 12.0 Å². The Bertz CT molecular complexity index is 587. The maximum Gasteiger partial charge on any atom is 0.138 e. The van der Waals surface area contributed by atoms with Crippen LogP contribution in [-0.4, -0.2) is 6.54 Å². The molecule has 0 aliphatic carbocycles. The number of nitrogens with one attached hydrogen (secondary N) is 1. The molecule has 1 aromatic carbocycles. The lowest BCUT2D eigenvalue weighted by Crippen LogP contribution is -2.19. The average molecular weight is 273 g/mol. The molecule has 20 heavy (non-hydrogen) atoms. The Hall–Kier alpha value is -1.28. The first-order valence-corrected chi connectivity index (χ1v) is 7.53. The highest BCUT2D eigenvalue weighted by Crippen LogP contribution is 2.34. The van der Waals surface area contributed by atoms with Crippen molar-refractivity contribution in [2.45, 2.75) is 53.5 Å². The average Bonchev–Trinajstić information content (AvgIpc) is 2.65. The molecule has 0 radical (unpaired) electrons. The summed E-state index contributed by atoms with van der Waals surface area (Å²) in [7, 11) is 0. The topological polar surface area (TPSA) is 25.2 Å². The smallest absolute Gasteiger partial charge is 0.138 e. The third-order valence-corrected chi connectivity index (χ3v) is 3.71. The van der Waals surface area contributed by atoms with Gasteiger partial charge in [0, 0.05) is 10.9 Å². The largest absolute Gasteiger partial charge is 0.459 e. The van der Waals surface area contributed by atoms with Gasteiger partial charge in [0.1, 0.15) is 11.3 Å². The van der Waals surface area contributed by atoms with Crippen molar-refractivity contribution in [3.8, 4) is 0 Å². The second kappa shape index (κ2) is 5.61. The van der Waals surface area contributed by atoms with E-state index >= 15 is 0 Å². The molecule has 0 saturated heterocycles. The summed E-state index contributed by atoms with van der Waals surface area (Å²) in [6.07, 6.45) is 0. The fraction of sp³-hybridized carbons (Fsp3) is 0.556. The van der Waals surface area contributed by atoms with Crippen LogP contribution >= 0.6 is 0 Å². The summed E-state index contributed by atoms with van der Waals surface area (Å²) in [6, 6.07) is 6.47. The Labute approximate surface area is 122 Å². The van der Waals surface area contributed by atoms with Crippen molar-refractivity contribution in [2.75, 3.05) is 6.54 Å². The zero-order chi connectivity index (χ0) is 14.9. The molecule has 0 atom stereocenters. The fourth-order valence-electron chi connectivity index (χ4n) is 2.53. The van der Waals surface area contributed by atoms with Gasteiger partial charge < -0.3 is 9.73 Å². The lowest BCUT2D eigenvalue weighted by atomic mass is 9.86. The predicted molar refractivity (Wildman–Crippen MR) is 86.2 cm³/mol. The Morgan fingerprint density at radius 3 is 2.50 bits per heavy atom. The molecule has 0 bridgehead atoms. The Kier molecular flexibility index (Phi) is 4.24. The highest BCUT2D eigenvalue weighted by atomic mass is 16.3. The van der Waals surface area contributed by atoms with Gasteiger partial charge in [0.15, 0.2) is 0 Å². The van der Waals surface area contributed by atoms with E-state index in [9.17, 15) is 0 Å². The predicted octanol–water partition coefficient (Wildman–Crippen LogP) is 4.78. The van der Waals surface area contributed by atoms with E-state index in [2.05, 4.69) is 65.1 Å². The van der Waals surface area contributed by atoms with Crippen LogP contribution in [0.5, 0.6) is 0 Å². The number of aryl methyl sites for hydroxylation is 1. The number of para-hydroxylation sites is 1. The van der Waals surface area contributed by atoms with Gasteiger partial charge in [-0.25, -0.2) is 0 Å². The van der Waals surface area contributed by atoms with E-state index in [1.54, 1.807) is 0 Å². The summed E-state index contributed by atoms with van der Waals surface area (Å²) in [5.41, 5.74) is 3.71. The summed E-state index contributed by atoms with van der Waals surface area (Å²) >= 11 is 0. The van der Waals surface area contributed by atoms with Crippen LogP contribution in [0.4, 0.5) is 0 Å². The maximum absolute atomic E-state index is 6.18. The van der Waals surface area contributed by atoms with Gasteiger partial charge >= 0.3 is 0 Å². The van der Waals surface area contributed by atoms with Crippen LogP contribution in [0.1, 0.15) is 51.5 Å². The molecule has 2 nitrogen and oxygen atoms in total. The SMILES string of the molecule is Cc1c(CNCC(C)C)oc2c(C(C)(C)C)cccc12. The molecule has 1 heterocycles. The fourth-order valence-corrected chi connectivity index (χ4v) is 2.53. The van der Waals surface area contributed by atoms with E-state index in [4.69, 9.17) is 4.42 Å². The van der Waals surface area contributed by atoms with Crippen molar-refractivity contribution in [3.63, 3.8) is 0 Å². The zero-order valence-electron chi connectivity index (χ0n) is 13.6. The third kappa shape index (κ3) is 3.06. The number of furan rings is 1. The van der Waals surface area contributed by atoms with E-state index in [1.165, 1.54) is 16.5 Å². The Balaban J connectivity index is 2.37. The standard InChI is InChI=1S/C18H27NO/c1-12(2)10-19-11-16-13(3)14-8-7-9-15(17(14)20-16)18(4,5)6/h7-9,12,19H,10-11H2,1-6H3.